The predicted molar refractivity (Wildman–Crippen MR) is 107 cm³/mol. The second kappa shape index (κ2) is 7.87. The fourth-order valence-electron chi connectivity index (χ4n) is 2.67. The van der Waals surface area contributed by atoms with Crippen molar-refractivity contribution in [3.05, 3.63) is 56.9 Å². The number of carbonyl (C=O) groups excluding carboxylic acids is 2. The van der Waals surface area contributed by atoms with Gasteiger partial charge < -0.3 is 19.5 Å². The van der Waals surface area contributed by atoms with Gasteiger partial charge in [0.1, 0.15) is 4.88 Å². The minimum Gasteiger partial charge on any atom is -0.454 e. The van der Waals surface area contributed by atoms with Crippen LogP contribution in [0, 0.1) is 0 Å². The number of halogens is 2. The Morgan fingerprint density at radius 2 is 1.93 bits per heavy atom. The molecule has 1 amide bonds. The number of thiophene rings is 1. The van der Waals surface area contributed by atoms with Crippen LogP contribution in [0.15, 0.2) is 36.4 Å². The number of rotatable bonds is 5. The van der Waals surface area contributed by atoms with Gasteiger partial charge in [-0.25, -0.2) is 4.79 Å². The summed E-state index contributed by atoms with van der Waals surface area (Å²) in [5.74, 6) is 0.232. The fraction of sp³-hybridized carbons (Fsp3) is 0.158. The van der Waals surface area contributed by atoms with Gasteiger partial charge in [-0.2, -0.15) is 0 Å². The molecule has 0 saturated heterocycles. The van der Waals surface area contributed by atoms with Gasteiger partial charge in [0.15, 0.2) is 18.1 Å². The maximum Gasteiger partial charge on any atom is 0.350 e. The van der Waals surface area contributed by atoms with Crippen LogP contribution in [0.5, 0.6) is 11.5 Å². The van der Waals surface area contributed by atoms with Crippen molar-refractivity contribution in [2.75, 3.05) is 13.4 Å². The minimum atomic E-state index is -0.652. The van der Waals surface area contributed by atoms with Crippen molar-refractivity contribution in [3.8, 4) is 11.5 Å². The smallest absolute Gasteiger partial charge is 0.350 e. The van der Waals surface area contributed by atoms with Crippen LogP contribution in [-0.2, 0) is 16.1 Å². The molecule has 2 aromatic carbocycles. The highest BCUT2D eigenvalue weighted by Crippen LogP contribution is 2.37. The quantitative estimate of drug-likeness (QED) is 0.598. The van der Waals surface area contributed by atoms with Gasteiger partial charge in [-0.05, 0) is 29.8 Å². The van der Waals surface area contributed by atoms with Crippen LogP contribution >= 0.6 is 34.5 Å². The number of hydrogen-bond acceptors (Lipinski definition) is 6. The molecule has 144 valence electrons. The van der Waals surface area contributed by atoms with E-state index >= 15 is 0 Å². The number of amides is 1. The molecule has 3 aromatic rings. The van der Waals surface area contributed by atoms with Gasteiger partial charge in [0.2, 0.25) is 6.79 Å². The van der Waals surface area contributed by atoms with Crippen LogP contribution in [0.1, 0.15) is 15.2 Å². The summed E-state index contributed by atoms with van der Waals surface area (Å²) in [5, 5.41) is 4.25. The number of carbonyl (C=O) groups is 2. The molecule has 0 fully saturated rings. The standard InChI is InChI=1S/C19H13Cl2NO5S/c20-11-2-3-12-15(6-11)28-18(17(12)21)19(24)25-8-16(23)22-7-10-1-4-13-14(5-10)27-9-26-13/h1-6H,7-9H2,(H,22,23). The summed E-state index contributed by atoms with van der Waals surface area (Å²) in [4.78, 5) is 24.5. The molecule has 1 aromatic heterocycles. The molecule has 28 heavy (non-hydrogen) atoms. The Labute approximate surface area is 173 Å². The first-order chi connectivity index (χ1) is 13.5. The number of fused-ring (bicyclic) bond motifs is 2. The maximum atomic E-state index is 12.3. The molecule has 0 radical (unpaired) electrons. The molecule has 9 heteroatoms. The van der Waals surface area contributed by atoms with E-state index in [0.29, 0.717) is 21.5 Å². The van der Waals surface area contributed by atoms with Crippen LogP contribution < -0.4 is 14.8 Å². The lowest BCUT2D eigenvalue weighted by Crippen LogP contribution is -2.28. The van der Waals surface area contributed by atoms with Gasteiger partial charge in [-0.1, -0.05) is 35.3 Å². The monoisotopic (exact) mass is 437 g/mol. The molecular weight excluding hydrogens is 425 g/mol. The summed E-state index contributed by atoms with van der Waals surface area (Å²) >= 11 is 13.4. The molecule has 1 aliphatic heterocycles. The van der Waals surface area contributed by atoms with Crippen molar-refractivity contribution in [2.24, 2.45) is 0 Å². The van der Waals surface area contributed by atoms with E-state index < -0.39 is 18.5 Å². The Balaban J connectivity index is 1.33. The molecule has 4 rings (SSSR count). The molecule has 0 aliphatic carbocycles. The highest BCUT2D eigenvalue weighted by Gasteiger charge is 2.20. The Morgan fingerprint density at radius 1 is 1.11 bits per heavy atom. The second-order valence-corrected chi connectivity index (χ2v) is 7.79. The summed E-state index contributed by atoms with van der Waals surface area (Å²) in [7, 11) is 0. The lowest BCUT2D eigenvalue weighted by molar-refractivity contribution is -0.124. The molecule has 0 bridgehead atoms. The lowest BCUT2D eigenvalue weighted by atomic mass is 10.2. The van der Waals surface area contributed by atoms with E-state index in [9.17, 15) is 9.59 Å². The summed E-state index contributed by atoms with van der Waals surface area (Å²) in [6.07, 6.45) is 0. The average Bonchev–Trinajstić information content (AvgIpc) is 3.28. The van der Waals surface area contributed by atoms with Crippen LogP contribution in [-0.4, -0.2) is 25.3 Å². The van der Waals surface area contributed by atoms with Crippen molar-refractivity contribution in [3.63, 3.8) is 0 Å². The molecule has 1 aliphatic rings. The number of esters is 1. The normalized spacial score (nSPS) is 12.2. The third-order valence-electron chi connectivity index (χ3n) is 4.04. The summed E-state index contributed by atoms with van der Waals surface area (Å²) in [6.45, 7) is 0.0531. The van der Waals surface area contributed by atoms with Crippen LogP contribution in [0.2, 0.25) is 10.0 Å². The Hall–Kier alpha value is -2.48. The van der Waals surface area contributed by atoms with Crippen molar-refractivity contribution in [2.45, 2.75) is 6.54 Å². The van der Waals surface area contributed by atoms with Gasteiger partial charge in [0, 0.05) is 21.7 Å². The highest BCUT2D eigenvalue weighted by molar-refractivity contribution is 7.21. The Morgan fingerprint density at radius 3 is 2.79 bits per heavy atom. The first kappa shape index (κ1) is 18.9. The number of ether oxygens (including phenoxy) is 3. The maximum absolute atomic E-state index is 12.3. The van der Waals surface area contributed by atoms with Crippen molar-refractivity contribution >= 4 is 56.5 Å². The van der Waals surface area contributed by atoms with Crippen LogP contribution in [0.25, 0.3) is 10.1 Å². The van der Waals surface area contributed by atoms with E-state index in [2.05, 4.69) is 5.32 Å². The first-order valence-electron chi connectivity index (χ1n) is 8.21. The van der Waals surface area contributed by atoms with Crippen molar-refractivity contribution in [1.29, 1.82) is 0 Å². The number of benzene rings is 2. The van der Waals surface area contributed by atoms with Crippen LogP contribution in [0.3, 0.4) is 0 Å². The topological polar surface area (TPSA) is 73.9 Å². The third kappa shape index (κ3) is 3.87. The molecule has 6 nitrogen and oxygen atoms in total. The van der Waals surface area contributed by atoms with Crippen LogP contribution in [0.4, 0.5) is 0 Å². The zero-order valence-corrected chi connectivity index (χ0v) is 16.6. The largest absolute Gasteiger partial charge is 0.454 e. The van der Waals surface area contributed by atoms with Gasteiger partial charge in [-0.3, -0.25) is 4.79 Å². The van der Waals surface area contributed by atoms with Crippen molar-refractivity contribution < 1.29 is 23.8 Å². The predicted octanol–water partition coefficient (Wildman–Crippen LogP) is 4.41. The zero-order valence-electron chi connectivity index (χ0n) is 14.3. The average molecular weight is 438 g/mol. The van der Waals surface area contributed by atoms with E-state index in [1.807, 2.05) is 6.07 Å². The van der Waals surface area contributed by atoms with Gasteiger partial charge >= 0.3 is 5.97 Å². The molecule has 0 atom stereocenters. The Bertz CT molecular complexity index is 1080. The second-order valence-electron chi connectivity index (χ2n) is 5.93. The van der Waals surface area contributed by atoms with E-state index in [1.165, 1.54) is 11.3 Å². The van der Waals surface area contributed by atoms with E-state index in [0.717, 1.165) is 15.6 Å². The van der Waals surface area contributed by atoms with E-state index in [-0.39, 0.29) is 18.2 Å². The van der Waals surface area contributed by atoms with Gasteiger partial charge in [0.25, 0.3) is 5.91 Å². The van der Waals surface area contributed by atoms with Crippen molar-refractivity contribution in [1.82, 2.24) is 5.32 Å². The zero-order chi connectivity index (χ0) is 19.7. The molecule has 0 spiro atoms. The SMILES string of the molecule is O=C(COC(=O)c1sc2cc(Cl)ccc2c1Cl)NCc1ccc2c(c1)OCO2. The Kier molecular flexibility index (Phi) is 5.30. The lowest BCUT2D eigenvalue weighted by Gasteiger charge is -2.07. The van der Waals surface area contributed by atoms with Gasteiger partial charge in [-0.15, -0.1) is 11.3 Å². The third-order valence-corrected chi connectivity index (χ3v) is 5.91. The van der Waals surface area contributed by atoms with E-state index in [1.54, 1.807) is 30.3 Å². The van der Waals surface area contributed by atoms with Gasteiger partial charge in [0.05, 0.1) is 5.02 Å². The summed E-state index contributed by atoms with van der Waals surface area (Å²) in [6, 6.07) is 10.5. The van der Waals surface area contributed by atoms with E-state index in [4.69, 9.17) is 37.4 Å². The first-order valence-corrected chi connectivity index (χ1v) is 9.78. The molecule has 2 heterocycles. The minimum absolute atomic E-state index is 0.188. The molecule has 1 N–H and O–H groups in total. The molecular formula is C19H13Cl2NO5S. The molecule has 0 saturated carbocycles. The summed E-state index contributed by atoms with van der Waals surface area (Å²) in [5.41, 5.74) is 0.841. The highest BCUT2D eigenvalue weighted by atomic mass is 35.5. The summed E-state index contributed by atoms with van der Waals surface area (Å²) < 4.78 is 16.4. The fourth-order valence-corrected chi connectivity index (χ4v) is 4.35. The molecule has 0 unspecified atom stereocenters. The number of hydrogen-bond donors (Lipinski definition) is 1. The number of nitrogens with one attached hydrogen (secondary N) is 1.